The van der Waals surface area contributed by atoms with Crippen molar-refractivity contribution in [1.29, 1.82) is 0 Å². The largest absolute Gasteiger partial charge is 0.356 e. The molecule has 2 rings (SSSR count). The maximum atomic E-state index is 13.8. The normalized spacial score (nSPS) is 10.4. The van der Waals surface area contributed by atoms with Crippen LogP contribution in [0, 0.1) is 11.6 Å². The molecule has 0 unspecified atom stereocenters. The van der Waals surface area contributed by atoms with Gasteiger partial charge >= 0.3 is 0 Å². The zero-order valence-corrected chi connectivity index (χ0v) is 14.0. The van der Waals surface area contributed by atoms with Gasteiger partial charge in [0.1, 0.15) is 17.3 Å². The van der Waals surface area contributed by atoms with E-state index in [0.29, 0.717) is 13.0 Å². The summed E-state index contributed by atoms with van der Waals surface area (Å²) in [5.41, 5.74) is 0.675. The van der Waals surface area contributed by atoms with Crippen LogP contribution in [-0.4, -0.2) is 24.9 Å². The highest BCUT2D eigenvalue weighted by Gasteiger charge is 2.20. The monoisotopic (exact) mass is 346 g/mol. The Morgan fingerprint density at radius 1 is 1.00 bits per heavy atom. The van der Waals surface area contributed by atoms with E-state index in [1.165, 1.54) is 13.0 Å². The van der Waals surface area contributed by atoms with Gasteiger partial charge in [-0.25, -0.2) is 8.78 Å². The van der Waals surface area contributed by atoms with Crippen LogP contribution >= 0.6 is 0 Å². The van der Waals surface area contributed by atoms with Crippen molar-refractivity contribution in [1.82, 2.24) is 5.32 Å². The number of nitrogens with one attached hydrogen (secondary N) is 1. The number of hydrogen-bond acceptors (Lipinski definition) is 2. The van der Waals surface area contributed by atoms with Crippen LogP contribution in [0.4, 0.5) is 14.5 Å². The van der Waals surface area contributed by atoms with E-state index in [4.69, 9.17) is 0 Å². The van der Waals surface area contributed by atoms with Gasteiger partial charge in [0.05, 0.1) is 0 Å². The number of anilines is 1. The third-order valence-electron chi connectivity index (χ3n) is 3.73. The second-order valence-corrected chi connectivity index (χ2v) is 5.58. The van der Waals surface area contributed by atoms with Crippen molar-refractivity contribution >= 4 is 17.5 Å². The maximum absolute atomic E-state index is 13.8. The smallest absolute Gasteiger partial charge is 0.224 e. The van der Waals surface area contributed by atoms with Gasteiger partial charge in [-0.2, -0.15) is 0 Å². The van der Waals surface area contributed by atoms with Gasteiger partial charge in [0.15, 0.2) is 0 Å². The molecule has 132 valence electrons. The molecule has 0 aliphatic heterocycles. The number of rotatable bonds is 7. The van der Waals surface area contributed by atoms with Crippen LogP contribution in [0.1, 0.15) is 18.9 Å². The van der Waals surface area contributed by atoms with Crippen molar-refractivity contribution in [2.75, 3.05) is 18.0 Å². The highest BCUT2D eigenvalue weighted by atomic mass is 19.1. The summed E-state index contributed by atoms with van der Waals surface area (Å²) < 4.78 is 27.7. The number of carbonyl (C=O) groups is 2. The fourth-order valence-electron chi connectivity index (χ4n) is 2.47. The Kier molecular flexibility index (Phi) is 6.62. The minimum absolute atomic E-state index is 0.0395. The number of nitrogens with zero attached hydrogens (tertiary/aromatic N) is 1. The van der Waals surface area contributed by atoms with Crippen molar-refractivity contribution in [2.45, 2.75) is 19.8 Å². The van der Waals surface area contributed by atoms with Crippen LogP contribution in [0.15, 0.2) is 48.5 Å². The van der Waals surface area contributed by atoms with E-state index < -0.39 is 23.2 Å². The highest BCUT2D eigenvalue weighted by molar-refractivity contribution is 5.92. The highest BCUT2D eigenvalue weighted by Crippen LogP contribution is 2.23. The van der Waals surface area contributed by atoms with Crippen LogP contribution in [0.25, 0.3) is 0 Å². The summed E-state index contributed by atoms with van der Waals surface area (Å²) in [6.07, 6.45) is 0.646. The number of para-hydroxylation sites is 1. The second-order valence-electron chi connectivity index (χ2n) is 5.58. The van der Waals surface area contributed by atoms with E-state index in [1.807, 2.05) is 30.3 Å². The van der Waals surface area contributed by atoms with Gasteiger partial charge in [-0.05, 0) is 24.1 Å². The van der Waals surface area contributed by atoms with Gasteiger partial charge in [0.25, 0.3) is 0 Å². The van der Waals surface area contributed by atoms with Crippen LogP contribution in [0.3, 0.4) is 0 Å². The molecule has 2 aromatic rings. The summed E-state index contributed by atoms with van der Waals surface area (Å²) >= 11 is 0. The van der Waals surface area contributed by atoms with Gasteiger partial charge in [-0.3, -0.25) is 9.59 Å². The number of benzene rings is 2. The molecule has 0 saturated carbocycles. The molecule has 2 amide bonds. The van der Waals surface area contributed by atoms with Gasteiger partial charge in [-0.1, -0.05) is 36.4 Å². The van der Waals surface area contributed by atoms with E-state index in [9.17, 15) is 18.4 Å². The third-order valence-corrected chi connectivity index (χ3v) is 3.73. The van der Waals surface area contributed by atoms with Crippen molar-refractivity contribution in [3.05, 3.63) is 65.7 Å². The molecule has 25 heavy (non-hydrogen) atoms. The minimum atomic E-state index is -0.834. The average Bonchev–Trinajstić information content (AvgIpc) is 2.58. The third kappa shape index (κ3) is 5.38. The molecule has 0 aromatic heterocycles. The fourth-order valence-corrected chi connectivity index (χ4v) is 2.47. The van der Waals surface area contributed by atoms with E-state index in [1.54, 1.807) is 0 Å². The molecule has 0 aliphatic rings. The lowest BCUT2D eigenvalue weighted by Crippen LogP contribution is -2.35. The SMILES string of the molecule is CC(=O)N(CCC(=O)NCCc1ccccc1)c1c(F)cccc1F. The second kappa shape index (κ2) is 8.92. The lowest BCUT2D eigenvalue weighted by atomic mass is 10.1. The predicted molar refractivity (Wildman–Crippen MR) is 92.2 cm³/mol. The first-order valence-corrected chi connectivity index (χ1v) is 8.02. The number of hydrogen-bond donors (Lipinski definition) is 1. The molecule has 0 atom stereocenters. The van der Waals surface area contributed by atoms with E-state index in [0.717, 1.165) is 22.6 Å². The van der Waals surface area contributed by atoms with Crippen LogP contribution in [-0.2, 0) is 16.0 Å². The van der Waals surface area contributed by atoms with Crippen LogP contribution in [0.2, 0.25) is 0 Å². The molecule has 2 aromatic carbocycles. The minimum Gasteiger partial charge on any atom is -0.356 e. The molecule has 0 heterocycles. The number of amides is 2. The summed E-state index contributed by atoms with van der Waals surface area (Å²) in [5, 5.41) is 2.74. The standard InChI is InChI=1S/C19H20F2N2O2/c1-14(24)23(19-16(20)8-5-9-17(19)21)13-11-18(25)22-12-10-15-6-3-2-4-7-15/h2-9H,10-13H2,1H3,(H,22,25). The molecule has 4 nitrogen and oxygen atoms in total. The summed E-state index contributed by atoms with van der Waals surface area (Å²) in [5.74, 6) is -2.47. The molecular weight excluding hydrogens is 326 g/mol. The van der Waals surface area contributed by atoms with Crippen LogP contribution < -0.4 is 10.2 Å². The molecule has 6 heteroatoms. The maximum Gasteiger partial charge on any atom is 0.224 e. The summed E-state index contributed by atoms with van der Waals surface area (Å²) in [4.78, 5) is 24.6. The quantitative estimate of drug-likeness (QED) is 0.838. The van der Waals surface area contributed by atoms with Gasteiger partial charge in [0, 0.05) is 26.4 Å². The Bertz CT molecular complexity index is 715. The molecule has 0 radical (unpaired) electrons. The van der Waals surface area contributed by atoms with Gasteiger partial charge in [-0.15, -0.1) is 0 Å². The van der Waals surface area contributed by atoms with Crippen molar-refractivity contribution < 1.29 is 18.4 Å². The van der Waals surface area contributed by atoms with E-state index in [-0.39, 0.29) is 18.9 Å². The lowest BCUT2D eigenvalue weighted by Gasteiger charge is -2.22. The van der Waals surface area contributed by atoms with Crippen molar-refractivity contribution in [2.24, 2.45) is 0 Å². The first kappa shape index (κ1) is 18.6. The zero-order valence-electron chi connectivity index (χ0n) is 14.0. The summed E-state index contributed by atoms with van der Waals surface area (Å²) in [7, 11) is 0. The lowest BCUT2D eigenvalue weighted by molar-refractivity contribution is -0.121. The van der Waals surface area contributed by atoms with E-state index >= 15 is 0 Å². The zero-order chi connectivity index (χ0) is 18.2. The molecule has 0 aliphatic carbocycles. The van der Waals surface area contributed by atoms with Crippen molar-refractivity contribution in [3.63, 3.8) is 0 Å². The topological polar surface area (TPSA) is 49.4 Å². The number of halogens is 2. The summed E-state index contributed by atoms with van der Waals surface area (Å²) in [6.45, 7) is 1.57. The molecule has 0 fully saturated rings. The van der Waals surface area contributed by atoms with E-state index in [2.05, 4.69) is 5.32 Å². The first-order chi connectivity index (χ1) is 12.0. The van der Waals surface area contributed by atoms with Gasteiger partial charge in [0.2, 0.25) is 11.8 Å². The fraction of sp³-hybridized carbons (Fsp3) is 0.263. The molecular formula is C19H20F2N2O2. The Morgan fingerprint density at radius 3 is 2.24 bits per heavy atom. The predicted octanol–water partition coefficient (Wildman–Crippen LogP) is 3.07. The average molecular weight is 346 g/mol. The van der Waals surface area contributed by atoms with Crippen LogP contribution in [0.5, 0.6) is 0 Å². The summed E-state index contributed by atoms with van der Waals surface area (Å²) in [6, 6.07) is 13.1. The Labute approximate surface area is 145 Å². The molecule has 0 spiro atoms. The number of carbonyl (C=O) groups excluding carboxylic acids is 2. The Hall–Kier alpha value is -2.76. The van der Waals surface area contributed by atoms with Gasteiger partial charge < -0.3 is 10.2 Å². The molecule has 0 saturated heterocycles. The molecule has 1 N–H and O–H groups in total. The van der Waals surface area contributed by atoms with Crippen molar-refractivity contribution in [3.8, 4) is 0 Å². The Morgan fingerprint density at radius 2 is 1.64 bits per heavy atom. The first-order valence-electron chi connectivity index (χ1n) is 8.02. The molecule has 0 bridgehead atoms. The Balaban J connectivity index is 1.88.